The molecule has 4 nitrogen and oxygen atoms in total. The van der Waals surface area contributed by atoms with Gasteiger partial charge in [-0.2, -0.15) is 4.39 Å². The summed E-state index contributed by atoms with van der Waals surface area (Å²) < 4.78 is 32.7. The number of rotatable bonds is 2. The van der Waals surface area contributed by atoms with E-state index in [1.807, 2.05) is 0 Å². The zero-order valence-corrected chi connectivity index (χ0v) is 12.1. The van der Waals surface area contributed by atoms with Gasteiger partial charge in [-0.25, -0.2) is 4.39 Å². The van der Waals surface area contributed by atoms with E-state index >= 15 is 0 Å². The quantitative estimate of drug-likeness (QED) is 0.639. The molecule has 7 heteroatoms. The van der Waals surface area contributed by atoms with Crippen molar-refractivity contribution in [2.75, 3.05) is 11.1 Å². The van der Waals surface area contributed by atoms with Crippen molar-refractivity contribution in [2.45, 2.75) is 6.42 Å². The van der Waals surface area contributed by atoms with Gasteiger partial charge in [0.1, 0.15) is 0 Å². The van der Waals surface area contributed by atoms with E-state index in [1.54, 1.807) is 6.07 Å². The van der Waals surface area contributed by atoms with Gasteiger partial charge in [-0.15, -0.1) is 0 Å². The Morgan fingerprint density at radius 2 is 1.95 bits per heavy atom. The smallest absolute Gasteiger partial charge is 0.228 e. The van der Waals surface area contributed by atoms with Gasteiger partial charge in [0.25, 0.3) is 0 Å². The van der Waals surface area contributed by atoms with Crippen LogP contribution in [0.25, 0.3) is 0 Å². The lowest BCUT2D eigenvalue weighted by atomic mass is 10.1. The Bertz CT molecular complexity index is 765. The maximum absolute atomic E-state index is 13.7. The number of anilines is 2. The molecule has 108 valence electrons. The molecule has 1 heterocycles. The highest BCUT2D eigenvalue weighted by atomic mass is 79.9. The molecule has 0 aliphatic carbocycles. The summed E-state index contributed by atoms with van der Waals surface area (Å²) in [5.74, 6) is -2.44. The van der Waals surface area contributed by atoms with Crippen LogP contribution in [0.2, 0.25) is 0 Å². The van der Waals surface area contributed by atoms with Crippen molar-refractivity contribution in [2.24, 2.45) is 0 Å². The van der Waals surface area contributed by atoms with Crippen LogP contribution in [0.1, 0.15) is 5.56 Å². The van der Waals surface area contributed by atoms with Crippen molar-refractivity contribution < 1.29 is 18.3 Å². The zero-order valence-electron chi connectivity index (χ0n) is 10.5. The summed E-state index contributed by atoms with van der Waals surface area (Å²) in [4.78, 5) is 11.3. The lowest BCUT2D eigenvalue weighted by Crippen LogP contribution is -2.03. The average Bonchev–Trinajstić information content (AvgIpc) is 2.75. The van der Waals surface area contributed by atoms with Crippen molar-refractivity contribution in [1.82, 2.24) is 0 Å². The van der Waals surface area contributed by atoms with Gasteiger partial charge in [0.05, 0.1) is 12.1 Å². The maximum Gasteiger partial charge on any atom is 0.228 e. The Labute approximate surface area is 127 Å². The van der Waals surface area contributed by atoms with E-state index < -0.39 is 11.6 Å². The standard InChI is InChI=1S/C14H9BrF2N2O2/c15-7-3-8(16)14(17)12(4-7)21-11-5-10-6(1-9(11)18)2-13(20)19-10/h1,3-5H,2,18H2,(H,19,20). The van der Waals surface area contributed by atoms with Gasteiger partial charge in [0.15, 0.2) is 17.3 Å². The first-order valence-corrected chi connectivity index (χ1v) is 6.78. The summed E-state index contributed by atoms with van der Waals surface area (Å²) in [5, 5.41) is 2.64. The molecule has 21 heavy (non-hydrogen) atoms. The maximum atomic E-state index is 13.7. The summed E-state index contributed by atoms with van der Waals surface area (Å²) in [6.07, 6.45) is 0.236. The third kappa shape index (κ3) is 2.56. The molecule has 0 radical (unpaired) electrons. The molecule has 1 aliphatic heterocycles. The van der Waals surface area contributed by atoms with Crippen LogP contribution in [0.5, 0.6) is 11.5 Å². The van der Waals surface area contributed by atoms with Gasteiger partial charge >= 0.3 is 0 Å². The Morgan fingerprint density at radius 3 is 2.71 bits per heavy atom. The number of nitrogens with one attached hydrogen (secondary N) is 1. The Hall–Kier alpha value is -2.15. The van der Waals surface area contributed by atoms with Crippen LogP contribution < -0.4 is 15.8 Å². The number of ether oxygens (including phenoxy) is 1. The first kappa shape index (κ1) is 13.8. The number of amides is 1. The first-order valence-electron chi connectivity index (χ1n) is 5.98. The predicted molar refractivity (Wildman–Crippen MR) is 77.3 cm³/mol. The second-order valence-electron chi connectivity index (χ2n) is 4.57. The summed E-state index contributed by atoms with van der Waals surface area (Å²) >= 11 is 3.06. The Balaban J connectivity index is 2.00. The second kappa shape index (κ2) is 5.00. The number of hydrogen-bond donors (Lipinski definition) is 2. The van der Waals surface area contributed by atoms with E-state index in [4.69, 9.17) is 10.5 Å². The van der Waals surface area contributed by atoms with Crippen molar-refractivity contribution in [1.29, 1.82) is 0 Å². The molecular formula is C14H9BrF2N2O2. The molecule has 0 atom stereocenters. The molecule has 0 bridgehead atoms. The number of carbonyl (C=O) groups excluding carboxylic acids is 1. The van der Waals surface area contributed by atoms with E-state index in [0.717, 1.165) is 11.6 Å². The minimum absolute atomic E-state index is 0.146. The lowest BCUT2D eigenvalue weighted by Gasteiger charge is -2.12. The number of halogens is 3. The Morgan fingerprint density at radius 1 is 1.19 bits per heavy atom. The van der Waals surface area contributed by atoms with Gasteiger partial charge in [-0.1, -0.05) is 15.9 Å². The number of fused-ring (bicyclic) bond motifs is 1. The number of carbonyl (C=O) groups is 1. The molecule has 0 aromatic heterocycles. The number of nitrogen functional groups attached to an aromatic ring is 1. The highest BCUT2D eigenvalue weighted by Crippen LogP contribution is 2.37. The molecule has 0 spiro atoms. The second-order valence-corrected chi connectivity index (χ2v) is 5.49. The summed E-state index contributed by atoms with van der Waals surface area (Å²) in [5.41, 5.74) is 7.36. The van der Waals surface area contributed by atoms with Crippen LogP contribution >= 0.6 is 15.9 Å². The largest absolute Gasteiger partial charge is 0.452 e. The molecule has 2 aromatic rings. The van der Waals surface area contributed by atoms with E-state index in [2.05, 4.69) is 21.2 Å². The van der Waals surface area contributed by atoms with Gasteiger partial charge in [0, 0.05) is 16.2 Å². The summed E-state index contributed by atoms with van der Waals surface area (Å²) in [6.45, 7) is 0. The fourth-order valence-electron chi connectivity index (χ4n) is 2.09. The van der Waals surface area contributed by atoms with Crippen LogP contribution in [0.15, 0.2) is 28.7 Å². The third-order valence-electron chi connectivity index (χ3n) is 3.04. The van der Waals surface area contributed by atoms with Gasteiger partial charge in [-0.3, -0.25) is 4.79 Å². The number of benzene rings is 2. The topological polar surface area (TPSA) is 64.3 Å². The molecule has 0 saturated carbocycles. The molecule has 0 fully saturated rings. The van der Waals surface area contributed by atoms with Crippen LogP contribution in [0.3, 0.4) is 0 Å². The fraction of sp³-hybridized carbons (Fsp3) is 0.0714. The molecule has 2 aromatic carbocycles. The predicted octanol–water partition coefficient (Wildman–Crippen LogP) is 3.60. The normalized spacial score (nSPS) is 13.0. The van der Waals surface area contributed by atoms with Gasteiger partial charge in [0.2, 0.25) is 11.7 Å². The average molecular weight is 355 g/mol. The van der Waals surface area contributed by atoms with E-state index in [-0.39, 0.29) is 29.5 Å². The van der Waals surface area contributed by atoms with Gasteiger partial charge in [-0.05, 0) is 23.8 Å². The van der Waals surface area contributed by atoms with Crippen molar-refractivity contribution >= 4 is 33.2 Å². The lowest BCUT2D eigenvalue weighted by molar-refractivity contribution is -0.115. The molecule has 3 N–H and O–H groups in total. The number of hydrogen-bond acceptors (Lipinski definition) is 3. The highest BCUT2D eigenvalue weighted by Gasteiger charge is 2.21. The molecule has 0 unspecified atom stereocenters. The minimum Gasteiger partial charge on any atom is -0.452 e. The van der Waals surface area contributed by atoms with Gasteiger partial charge < -0.3 is 15.8 Å². The highest BCUT2D eigenvalue weighted by molar-refractivity contribution is 9.10. The van der Waals surface area contributed by atoms with E-state index in [9.17, 15) is 13.6 Å². The minimum atomic E-state index is -1.11. The fourth-order valence-corrected chi connectivity index (χ4v) is 2.50. The molecule has 0 saturated heterocycles. The van der Waals surface area contributed by atoms with Crippen LogP contribution in [-0.4, -0.2) is 5.91 Å². The third-order valence-corrected chi connectivity index (χ3v) is 3.50. The van der Waals surface area contributed by atoms with Crippen LogP contribution in [0.4, 0.5) is 20.2 Å². The molecule has 1 aliphatic rings. The van der Waals surface area contributed by atoms with Crippen LogP contribution in [-0.2, 0) is 11.2 Å². The SMILES string of the molecule is Nc1cc2c(cc1Oc1cc(Br)cc(F)c1F)NC(=O)C2. The van der Waals surface area contributed by atoms with Crippen molar-refractivity contribution in [3.8, 4) is 11.5 Å². The first-order chi connectivity index (χ1) is 9.94. The van der Waals surface area contributed by atoms with Crippen LogP contribution in [0, 0.1) is 11.6 Å². The number of nitrogens with two attached hydrogens (primary N) is 1. The summed E-state index contributed by atoms with van der Waals surface area (Å²) in [6, 6.07) is 5.36. The summed E-state index contributed by atoms with van der Waals surface area (Å²) in [7, 11) is 0. The van der Waals surface area contributed by atoms with E-state index in [1.165, 1.54) is 12.1 Å². The van der Waals surface area contributed by atoms with E-state index in [0.29, 0.717) is 10.2 Å². The van der Waals surface area contributed by atoms with Crippen molar-refractivity contribution in [3.05, 3.63) is 45.9 Å². The molecule has 3 rings (SSSR count). The zero-order chi connectivity index (χ0) is 15.1. The molecular weight excluding hydrogens is 346 g/mol. The Kier molecular flexibility index (Phi) is 3.29. The monoisotopic (exact) mass is 354 g/mol. The molecule has 1 amide bonds. The van der Waals surface area contributed by atoms with Crippen molar-refractivity contribution in [3.63, 3.8) is 0 Å².